The maximum absolute atomic E-state index is 11.6. The van der Waals surface area contributed by atoms with Crippen molar-refractivity contribution in [2.75, 3.05) is 23.4 Å². The Labute approximate surface area is 110 Å². The van der Waals surface area contributed by atoms with Gasteiger partial charge in [0.1, 0.15) is 0 Å². The fraction of sp³-hybridized carbons (Fsp3) is 0.417. The van der Waals surface area contributed by atoms with Gasteiger partial charge < -0.3 is 10.6 Å². The topological polar surface area (TPSA) is 41.1 Å². The first-order valence-corrected chi connectivity index (χ1v) is 7.14. The highest BCUT2D eigenvalue weighted by Crippen LogP contribution is 2.17. The predicted octanol–water partition coefficient (Wildman–Crippen LogP) is 2.37. The Balaban J connectivity index is 1.74. The molecular formula is C12H15ClN2OS. The summed E-state index contributed by atoms with van der Waals surface area (Å²) < 4.78 is 0. The molecule has 1 aliphatic heterocycles. The van der Waals surface area contributed by atoms with Crippen molar-refractivity contribution in [3.63, 3.8) is 0 Å². The number of hydrogen-bond acceptors (Lipinski definition) is 3. The van der Waals surface area contributed by atoms with E-state index >= 15 is 0 Å². The monoisotopic (exact) mass is 270 g/mol. The standard InChI is InChI=1S/C12H15ClN2OS/c13-9-1-3-10(4-2-9)15-12(16)7-14-11-5-6-17-8-11/h1-4,11,14H,5-8H2,(H,15,16). The highest BCUT2D eigenvalue weighted by atomic mass is 35.5. The summed E-state index contributed by atoms with van der Waals surface area (Å²) in [5.74, 6) is 2.29. The average Bonchev–Trinajstić information content (AvgIpc) is 2.83. The summed E-state index contributed by atoms with van der Waals surface area (Å²) in [5.41, 5.74) is 0.780. The Kier molecular flexibility index (Phi) is 4.71. The molecule has 1 aromatic rings. The number of carbonyl (C=O) groups is 1. The second-order valence-electron chi connectivity index (χ2n) is 4.00. The Morgan fingerprint density at radius 2 is 2.18 bits per heavy atom. The van der Waals surface area contributed by atoms with Crippen LogP contribution in [0.4, 0.5) is 5.69 Å². The first kappa shape index (κ1) is 12.7. The number of hydrogen-bond donors (Lipinski definition) is 2. The highest BCUT2D eigenvalue weighted by molar-refractivity contribution is 7.99. The zero-order valence-corrected chi connectivity index (χ0v) is 11.0. The maximum Gasteiger partial charge on any atom is 0.238 e. The summed E-state index contributed by atoms with van der Waals surface area (Å²) >= 11 is 7.70. The SMILES string of the molecule is O=C(CNC1CCSC1)Nc1ccc(Cl)cc1. The summed E-state index contributed by atoms with van der Waals surface area (Å²) in [5, 5.41) is 6.75. The lowest BCUT2D eigenvalue weighted by Crippen LogP contribution is -2.36. The number of nitrogens with one attached hydrogen (secondary N) is 2. The van der Waals surface area contributed by atoms with Crippen LogP contribution in [0.2, 0.25) is 5.02 Å². The summed E-state index contributed by atoms with van der Waals surface area (Å²) in [6.45, 7) is 0.369. The van der Waals surface area contributed by atoms with Crippen LogP contribution in [0.15, 0.2) is 24.3 Å². The Morgan fingerprint density at radius 3 is 2.82 bits per heavy atom. The van der Waals surface area contributed by atoms with Crippen molar-refractivity contribution in [2.24, 2.45) is 0 Å². The van der Waals surface area contributed by atoms with Crippen molar-refractivity contribution in [3.05, 3.63) is 29.3 Å². The average molecular weight is 271 g/mol. The van der Waals surface area contributed by atoms with Crippen LogP contribution >= 0.6 is 23.4 Å². The van der Waals surface area contributed by atoms with Gasteiger partial charge in [-0.1, -0.05) is 11.6 Å². The molecule has 1 aliphatic rings. The van der Waals surface area contributed by atoms with Crippen LogP contribution in [-0.4, -0.2) is 30.0 Å². The number of rotatable bonds is 4. The van der Waals surface area contributed by atoms with Crippen molar-refractivity contribution in [2.45, 2.75) is 12.5 Å². The minimum atomic E-state index is -0.00998. The molecule has 0 aliphatic carbocycles. The molecule has 3 nitrogen and oxygen atoms in total. The van der Waals surface area contributed by atoms with Gasteiger partial charge in [0, 0.05) is 22.5 Å². The van der Waals surface area contributed by atoms with Gasteiger partial charge in [-0.3, -0.25) is 4.79 Å². The first-order valence-electron chi connectivity index (χ1n) is 5.60. The molecule has 0 radical (unpaired) electrons. The summed E-state index contributed by atoms with van der Waals surface area (Å²) in [7, 11) is 0. The van der Waals surface area contributed by atoms with Crippen LogP contribution < -0.4 is 10.6 Å². The van der Waals surface area contributed by atoms with Crippen LogP contribution in [0.25, 0.3) is 0 Å². The third-order valence-electron chi connectivity index (χ3n) is 2.61. The Hall–Kier alpha value is -0.710. The molecule has 0 spiro atoms. The Morgan fingerprint density at radius 1 is 1.41 bits per heavy atom. The van der Waals surface area contributed by atoms with E-state index in [1.54, 1.807) is 24.3 Å². The van der Waals surface area contributed by atoms with Gasteiger partial charge in [0.2, 0.25) is 5.91 Å². The molecule has 1 atom stereocenters. The molecule has 1 aromatic carbocycles. The van der Waals surface area contributed by atoms with Gasteiger partial charge in [-0.2, -0.15) is 11.8 Å². The smallest absolute Gasteiger partial charge is 0.238 e. The molecule has 1 unspecified atom stereocenters. The van der Waals surface area contributed by atoms with Gasteiger partial charge in [-0.05, 0) is 36.4 Å². The molecular weight excluding hydrogens is 256 g/mol. The van der Waals surface area contributed by atoms with Crippen LogP contribution in [0.5, 0.6) is 0 Å². The van der Waals surface area contributed by atoms with Crippen molar-refractivity contribution in [1.29, 1.82) is 0 Å². The molecule has 5 heteroatoms. The lowest BCUT2D eigenvalue weighted by Gasteiger charge is -2.11. The molecule has 2 N–H and O–H groups in total. The minimum Gasteiger partial charge on any atom is -0.325 e. The number of carbonyl (C=O) groups excluding carboxylic acids is 1. The summed E-state index contributed by atoms with van der Waals surface area (Å²) in [6.07, 6.45) is 1.15. The number of halogens is 1. The van der Waals surface area contributed by atoms with Crippen molar-refractivity contribution >= 4 is 35.0 Å². The number of benzene rings is 1. The summed E-state index contributed by atoms with van der Waals surface area (Å²) in [4.78, 5) is 11.6. The van der Waals surface area contributed by atoms with Crippen LogP contribution in [0, 0.1) is 0 Å². The first-order chi connectivity index (χ1) is 8.24. The lowest BCUT2D eigenvalue weighted by atomic mass is 10.2. The minimum absolute atomic E-state index is 0.00998. The maximum atomic E-state index is 11.6. The number of anilines is 1. The lowest BCUT2D eigenvalue weighted by molar-refractivity contribution is -0.115. The summed E-state index contributed by atoms with van der Waals surface area (Å²) in [6, 6.07) is 7.60. The van der Waals surface area contributed by atoms with Gasteiger partial charge in [-0.15, -0.1) is 0 Å². The molecule has 2 rings (SSSR count). The third kappa shape index (κ3) is 4.22. The molecule has 1 heterocycles. The molecule has 1 fully saturated rings. The zero-order chi connectivity index (χ0) is 12.1. The fourth-order valence-corrected chi connectivity index (χ4v) is 2.98. The molecule has 17 heavy (non-hydrogen) atoms. The molecule has 0 aromatic heterocycles. The van der Waals surface area contributed by atoms with Crippen LogP contribution in [-0.2, 0) is 4.79 Å². The molecule has 0 bridgehead atoms. The van der Waals surface area contributed by atoms with E-state index in [4.69, 9.17) is 11.6 Å². The fourth-order valence-electron chi connectivity index (χ4n) is 1.67. The molecule has 1 amide bonds. The van der Waals surface area contributed by atoms with E-state index in [-0.39, 0.29) is 5.91 Å². The van der Waals surface area contributed by atoms with Crippen molar-refractivity contribution in [3.8, 4) is 0 Å². The van der Waals surface area contributed by atoms with E-state index in [1.165, 1.54) is 5.75 Å². The molecule has 92 valence electrons. The largest absolute Gasteiger partial charge is 0.325 e. The molecule has 1 saturated heterocycles. The van der Waals surface area contributed by atoms with Crippen LogP contribution in [0.3, 0.4) is 0 Å². The zero-order valence-electron chi connectivity index (χ0n) is 9.41. The second kappa shape index (κ2) is 6.28. The number of thioether (sulfide) groups is 1. The normalized spacial score (nSPS) is 19.2. The van der Waals surface area contributed by atoms with Crippen molar-refractivity contribution < 1.29 is 4.79 Å². The Bertz CT molecular complexity index is 377. The number of amides is 1. The van der Waals surface area contributed by atoms with Gasteiger partial charge in [-0.25, -0.2) is 0 Å². The van der Waals surface area contributed by atoms with E-state index < -0.39 is 0 Å². The third-order valence-corrected chi connectivity index (χ3v) is 4.02. The van der Waals surface area contributed by atoms with Crippen LogP contribution in [0.1, 0.15) is 6.42 Å². The van der Waals surface area contributed by atoms with Crippen molar-refractivity contribution in [1.82, 2.24) is 5.32 Å². The predicted molar refractivity (Wildman–Crippen MR) is 73.8 cm³/mol. The van der Waals surface area contributed by atoms with E-state index in [9.17, 15) is 4.79 Å². The molecule has 0 saturated carbocycles. The quantitative estimate of drug-likeness (QED) is 0.883. The van der Waals surface area contributed by atoms with E-state index in [0.29, 0.717) is 17.6 Å². The van der Waals surface area contributed by atoms with Gasteiger partial charge in [0.25, 0.3) is 0 Å². The van der Waals surface area contributed by atoms with E-state index in [2.05, 4.69) is 10.6 Å². The second-order valence-corrected chi connectivity index (χ2v) is 5.58. The highest BCUT2D eigenvalue weighted by Gasteiger charge is 2.15. The van der Waals surface area contributed by atoms with E-state index in [1.807, 2.05) is 11.8 Å². The van der Waals surface area contributed by atoms with Gasteiger partial charge in [0.15, 0.2) is 0 Å². The van der Waals surface area contributed by atoms with E-state index in [0.717, 1.165) is 17.9 Å². The van der Waals surface area contributed by atoms with Gasteiger partial charge in [0.05, 0.1) is 6.54 Å². The van der Waals surface area contributed by atoms with Gasteiger partial charge >= 0.3 is 0 Å².